The Morgan fingerprint density at radius 2 is 2.10 bits per heavy atom. The number of nitrogens with zero attached hydrogens (tertiary/aromatic N) is 1. The van der Waals surface area contributed by atoms with Gasteiger partial charge in [0.1, 0.15) is 6.04 Å². The molecule has 2 heterocycles. The van der Waals surface area contributed by atoms with E-state index in [4.69, 9.17) is 5.84 Å². The van der Waals surface area contributed by atoms with Gasteiger partial charge in [0.25, 0.3) is 5.91 Å². The van der Waals surface area contributed by atoms with Gasteiger partial charge in [-0.3, -0.25) is 15.1 Å². The van der Waals surface area contributed by atoms with Gasteiger partial charge in [0.05, 0.1) is 0 Å². The lowest BCUT2D eigenvalue weighted by atomic mass is 10.0. The van der Waals surface area contributed by atoms with Crippen molar-refractivity contribution in [1.82, 2.24) is 10.3 Å². The maximum absolute atomic E-state index is 12.2. The first-order valence-electron chi connectivity index (χ1n) is 6.64. The van der Waals surface area contributed by atoms with E-state index in [1.54, 1.807) is 11.3 Å². The first kappa shape index (κ1) is 13.3. The monoisotopic (exact) mass is 287 g/mol. The van der Waals surface area contributed by atoms with Crippen molar-refractivity contribution in [1.29, 1.82) is 0 Å². The second kappa shape index (κ2) is 5.75. The normalized spacial score (nSPS) is 16.4. The van der Waals surface area contributed by atoms with E-state index in [0.29, 0.717) is 0 Å². The van der Waals surface area contributed by atoms with Crippen molar-refractivity contribution in [2.45, 2.75) is 19.0 Å². The molecule has 0 bridgehead atoms. The van der Waals surface area contributed by atoms with Crippen LogP contribution in [-0.4, -0.2) is 17.4 Å². The Hall–Kier alpha value is -1.69. The molecule has 2 aromatic rings. The highest BCUT2D eigenvalue weighted by Crippen LogP contribution is 2.30. The molecule has 1 aliphatic rings. The summed E-state index contributed by atoms with van der Waals surface area (Å²) in [6.07, 6.45) is 0.994. The van der Waals surface area contributed by atoms with Crippen molar-refractivity contribution in [3.05, 3.63) is 57.8 Å². The molecule has 1 atom stereocenters. The molecule has 0 radical (unpaired) electrons. The second-order valence-electron chi connectivity index (χ2n) is 4.91. The van der Waals surface area contributed by atoms with Crippen LogP contribution in [0.25, 0.3) is 0 Å². The number of rotatable bonds is 3. The van der Waals surface area contributed by atoms with Crippen molar-refractivity contribution in [3.63, 3.8) is 0 Å². The molecule has 5 heteroatoms. The minimum absolute atomic E-state index is 0.158. The van der Waals surface area contributed by atoms with Crippen molar-refractivity contribution >= 4 is 17.2 Å². The fourth-order valence-corrected chi connectivity index (χ4v) is 3.62. The predicted molar refractivity (Wildman–Crippen MR) is 79.9 cm³/mol. The number of carbonyl (C=O) groups excluding carboxylic acids is 1. The lowest BCUT2D eigenvalue weighted by Crippen LogP contribution is -2.44. The molecule has 4 nitrogen and oxygen atoms in total. The average Bonchev–Trinajstić information content (AvgIpc) is 2.96. The topological polar surface area (TPSA) is 58.4 Å². The summed E-state index contributed by atoms with van der Waals surface area (Å²) in [5.74, 6) is 5.21. The highest BCUT2D eigenvalue weighted by atomic mass is 32.1. The first-order chi connectivity index (χ1) is 9.79. The lowest BCUT2D eigenvalue weighted by molar-refractivity contribution is -0.127. The fourth-order valence-electron chi connectivity index (χ4n) is 2.73. The minimum atomic E-state index is -0.325. The lowest BCUT2D eigenvalue weighted by Gasteiger charge is -2.33. The summed E-state index contributed by atoms with van der Waals surface area (Å²) < 4.78 is 0. The van der Waals surface area contributed by atoms with Crippen molar-refractivity contribution in [2.24, 2.45) is 5.84 Å². The Bertz CT molecular complexity index is 596. The molecule has 0 fully saturated rings. The van der Waals surface area contributed by atoms with Crippen LogP contribution in [0.4, 0.5) is 0 Å². The highest BCUT2D eigenvalue weighted by molar-refractivity contribution is 7.10. The Kier molecular flexibility index (Phi) is 3.82. The van der Waals surface area contributed by atoms with E-state index in [1.807, 2.05) is 30.3 Å². The van der Waals surface area contributed by atoms with Crippen LogP contribution < -0.4 is 11.3 Å². The number of nitrogens with two attached hydrogens (primary N) is 1. The predicted octanol–water partition coefficient (Wildman–Crippen LogP) is 1.84. The molecule has 0 spiro atoms. The molecule has 1 aromatic heterocycles. The van der Waals surface area contributed by atoms with Gasteiger partial charge < -0.3 is 0 Å². The Labute approximate surface area is 122 Å². The third-order valence-corrected chi connectivity index (χ3v) is 4.73. The molecule has 104 valence electrons. The van der Waals surface area contributed by atoms with E-state index in [9.17, 15) is 4.79 Å². The van der Waals surface area contributed by atoms with Gasteiger partial charge in [-0.2, -0.15) is 0 Å². The van der Waals surface area contributed by atoms with Crippen molar-refractivity contribution < 1.29 is 4.79 Å². The number of nitrogens with one attached hydrogen (secondary N) is 1. The van der Waals surface area contributed by atoms with E-state index < -0.39 is 0 Å². The van der Waals surface area contributed by atoms with Crippen LogP contribution in [-0.2, 0) is 17.8 Å². The Morgan fingerprint density at radius 3 is 2.85 bits per heavy atom. The smallest absolute Gasteiger partial charge is 0.255 e. The largest absolute Gasteiger partial charge is 0.293 e. The Morgan fingerprint density at radius 1 is 1.30 bits per heavy atom. The number of fused-ring (bicyclic) bond motifs is 1. The molecule has 3 rings (SSSR count). The molecule has 20 heavy (non-hydrogen) atoms. The van der Waals surface area contributed by atoms with Gasteiger partial charge in [-0.25, -0.2) is 5.84 Å². The van der Waals surface area contributed by atoms with Crippen LogP contribution in [0.15, 0.2) is 41.8 Å². The molecule has 0 saturated heterocycles. The molecular formula is C15H17N3OS. The van der Waals surface area contributed by atoms with Crippen LogP contribution in [0.1, 0.15) is 22.0 Å². The standard InChI is InChI=1S/C15H17N3OS/c16-17-15(19)14(11-4-2-1-3-5-11)18-8-6-13-12(10-18)7-9-20-13/h1-5,7,9,14H,6,8,10,16H2,(H,17,19). The van der Waals surface area contributed by atoms with Crippen LogP contribution in [0.2, 0.25) is 0 Å². The fraction of sp³-hybridized carbons (Fsp3) is 0.267. The molecule has 3 N–H and O–H groups in total. The zero-order valence-corrected chi connectivity index (χ0v) is 11.9. The van der Waals surface area contributed by atoms with Gasteiger partial charge in [0.2, 0.25) is 0 Å². The third kappa shape index (κ3) is 2.47. The maximum atomic E-state index is 12.2. The number of benzene rings is 1. The number of hydrazine groups is 1. The van der Waals surface area contributed by atoms with Crippen molar-refractivity contribution in [2.75, 3.05) is 6.54 Å². The van der Waals surface area contributed by atoms with Gasteiger partial charge in [-0.05, 0) is 29.0 Å². The molecule has 1 aromatic carbocycles. The summed E-state index contributed by atoms with van der Waals surface area (Å²) in [6, 6.07) is 11.6. The third-order valence-electron chi connectivity index (χ3n) is 3.71. The number of carbonyl (C=O) groups is 1. The number of hydrogen-bond acceptors (Lipinski definition) is 4. The summed E-state index contributed by atoms with van der Waals surface area (Å²) in [5, 5.41) is 2.12. The molecule has 1 unspecified atom stereocenters. The molecule has 0 saturated carbocycles. The van der Waals surface area contributed by atoms with Gasteiger partial charge in [0, 0.05) is 18.0 Å². The molecule has 1 amide bonds. The zero-order chi connectivity index (χ0) is 13.9. The van der Waals surface area contributed by atoms with E-state index in [0.717, 1.165) is 25.1 Å². The summed E-state index contributed by atoms with van der Waals surface area (Å²) in [7, 11) is 0. The van der Waals surface area contributed by atoms with Crippen LogP contribution in [0.5, 0.6) is 0 Å². The van der Waals surface area contributed by atoms with Gasteiger partial charge >= 0.3 is 0 Å². The number of thiophene rings is 1. The van der Waals surface area contributed by atoms with E-state index >= 15 is 0 Å². The number of amides is 1. The van der Waals surface area contributed by atoms with E-state index in [-0.39, 0.29) is 11.9 Å². The summed E-state index contributed by atoms with van der Waals surface area (Å²) in [6.45, 7) is 1.67. The maximum Gasteiger partial charge on any atom is 0.255 e. The first-order valence-corrected chi connectivity index (χ1v) is 7.52. The summed E-state index contributed by atoms with van der Waals surface area (Å²) >= 11 is 1.80. The van der Waals surface area contributed by atoms with Gasteiger partial charge in [-0.1, -0.05) is 30.3 Å². The number of hydrogen-bond donors (Lipinski definition) is 2. The zero-order valence-electron chi connectivity index (χ0n) is 11.1. The Balaban J connectivity index is 1.89. The van der Waals surface area contributed by atoms with Crippen molar-refractivity contribution in [3.8, 4) is 0 Å². The van der Waals surface area contributed by atoms with Crippen LogP contribution in [0, 0.1) is 0 Å². The van der Waals surface area contributed by atoms with E-state index in [2.05, 4.69) is 21.8 Å². The van der Waals surface area contributed by atoms with Crippen LogP contribution >= 0.6 is 11.3 Å². The summed E-state index contributed by atoms with van der Waals surface area (Å²) in [4.78, 5) is 15.8. The quantitative estimate of drug-likeness (QED) is 0.514. The SMILES string of the molecule is NNC(=O)C(c1ccccc1)N1CCc2sccc2C1. The molecule has 0 aliphatic carbocycles. The highest BCUT2D eigenvalue weighted by Gasteiger charge is 2.30. The van der Waals surface area contributed by atoms with E-state index in [1.165, 1.54) is 10.4 Å². The second-order valence-corrected chi connectivity index (χ2v) is 5.91. The van der Waals surface area contributed by atoms with Gasteiger partial charge in [-0.15, -0.1) is 11.3 Å². The molecule has 1 aliphatic heterocycles. The summed E-state index contributed by atoms with van der Waals surface area (Å²) in [5.41, 5.74) is 4.61. The average molecular weight is 287 g/mol. The minimum Gasteiger partial charge on any atom is -0.293 e. The van der Waals surface area contributed by atoms with Crippen LogP contribution in [0.3, 0.4) is 0 Å². The molecular weight excluding hydrogens is 270 g/mol. The van der Waals surface area contributed by atoms with Gasteiger partial charge in [0.15, 0.2) is 0 Å².